The van der Waals surface area contributed by atoms with Crippen LogP contribution < -0.4 is 28.4 Å². The predicted molar refractivity (Wildman–Crippen MR) is 183 cm³/mol. The lowest BCUT2D eigenvalue weighted by Crippen LogP contribution is -2.12. The maximum Gasteiger partial charge on any atom is 0.308 e. The minimum absolute atomic E-state index is 0.146. The lowest BCUT2D eigenvalue weighted by Gasteiger charge is -2.24. The van der Waals surface area contributed by atoms with Crippen molar-refractivity contribution in [1.29, 1.82) is 0 Å². The van der Waals surface area contributed by atoms with Crippen molar-refractivity contribution in [3.63, 3.8) is 0 Å². The Hall–Kier alpha value is -6.30. The van der Waals surface area contributed by atoms with Crippen molar-refractivity contribution in [2.45, 2.75) is 65.2 Å². The van der Waals surface area contributed by atoms with Gasteiger partial charge in [-0.2, -0.15) is 0 Å². The van der Waals surface area contributed by atoms with Crippen molar-refractivity contribution >= 4 is 35.8 Å². The Bertz CT molecular complexity index is 1980. The van der Waals surface area contributed by atoms with Gasteiger partial charge in [-0.1, -0.05) is 24.3 Å². The maximum atomic E-state index is 12.6. The minimum atomic E-state index is -0.601. The van der Waals surface area contributed by atoms with Crippen LogP contribution >= 0.6 is 0 Å². The molecule has 52 heavy (non-hydrogen) atoms. The second-order valence-electron chi connectivity index (χ2n) is 12.6. The van der Waals surface area contributed by atoms with Crippen molar-refractivity contribution in [1.82, 2.24) is 0 Å². The fraction of sp³-hybridized carbons (Fsp3) is 0.250. The van der Waals surface area contributed by atoms with E-state index < -0.39 is 59.5 Å². The number of rotatable bonds is 8. The number of ether oxygens (including phenoxy) is 6. The number of carbonyl (C=O) groups excluding carboxylic acids is 6. The highest BCUT2D eigenvalue weighted by Crippen LogP contribution is 2.69. The lowest BCUT2D eigenvalue weighted by atomic mass is 9.79. The molecule has 4 atom stereocenters. The smallest absolute Gasteiger partial charge is 0.308 e. The minimum Gasteiger partial charge on any atom is -0.427 e. The SMILES string of the molecule is CC(=O)Oc1ccc([C@H]2c3c(OC(C)=O)cc(OC(C)=O)cc3[C@@H]3[C@@H](c4ccc(OC(C)=O)cc4)c4c(OC(C)=O)cc(OC(C)=O)cc4[C@H]23)cc1. The Kier molecular flexibility index (Phi) is 9.66. The zero-order chi connectivity index (χ0) is 37.4. The number of carbonyl (C=O) groups is 6. The number of benzene rings is 4. The monoisotopic (exact) mass is 706 g/mol. The van der Waals surface area contributed by atoms with Gasteiger partial charge in [0.25, 0.3) is 0 Å². The highest BCUT2D eigenvalue weighted by molar-refractivity contribution is 5.78. The number of fused-ring (bicyclic) bond motifs is 5. The van der Waals surface area contributed by atoms with Crippen LogP contribution in [0.15, 0.2) is 72.8 Å². The second kappa shape index (κ2) is 14.1. The molecule has 4 aromatic carbocycles. The molecule has 6 rings (SSSR count). The topological polar surface area (TPSA) is 158 Å². The first kappa shape index (κ1) is 35.5. The summed E-state index contributed by atoms with van der Waals surface area (Å²) in [6.07, 6.45) is 0. The largest absolute Gasteiger partial charge is 0.427 e. The van der Waals surface area contributed by atoms with Crippen LogP contribution in [-0.4, -0.2) is 35.8 Å². The Morgan fingerprint density at radius 2 is 0.673 bits per heavy atom. The van der Waals surface area contributed by atoms with Crippen molar-refractivity contribution in [2.24, 2.45) is 0 Å². The first-order valence-corrected chi connectivity index (χ1v) is 16.4. The normalized spacial score (nSPS) is 17.9. The van der Waals surface area contributed by atoms with E-state index in [1.54, 1.807) is 60.7 Å². The summed E-state index contributed by atoms with van der Waals surface area (Å²) >= 11 is 0. The van der Waals surface area contributed by atoms with Crippen molar-refractivity contribution in [3.8, 4) is 34.5 Å². The molecule has 0 saturated carbocycles. The van der Waals surface area contributed by atoms with E-state index in [2.05, 4.69) is 0 Å². The van der Waals surface area contributed by atoms with Gasteiger partial charge in [0.05, 0.1) is 0 Å². The van der Waals surface area contributed by atoms with Crippen LogP contribution in [0, 0.1) is 0 Å². The van der Waals surface area contributed by atoms with Crippen LogP contribution in [-0.2, 0) is 28.8 Å². The Labute approximate surface area is 298 Å². The van der Waals surface area contributed by atoms with Crippen LogP contribution in [0.5, 0.6) is 34.5 Å². The van der Waals surface area contributed by atoms with Crippen molar-refractivity contribution < 1.29 is 57.2 Å². The van der Waals surface area contributed by atoms with Crippen LogP contribution in [0.1, 0.15) is 98.6 Å². The summed E-state index contributed by atoms with van der Waals surface area (Å²) in [6.45, 7) is 7.65. The Morgan fingerprint density at radius 3 is 0.962 bits per heavy atom. The van der Waals surface area contributed by atoms with Gasteiger partial charge in [-0.15, -0.1) is 0 Å². The molecular weight excluding hydrogens is 672 g/mol. The quantitative estimate of drug-likeness (QED) is 0.147. The maximum absolute atomic E-state index is 12.6. The number of hydrogen-bond donors (Lipinski definition) is 0. The van der Waals surface area contributed by atoms with Crippen LogP contribution in [0.3, 0.4) is 0 Å². The molecule has 12 nitrogen and oxygen atoms in total. The molecular formula is C40H34O12. The van der Waals surface area contributed by atoms with Crippen LogP contribution in [0.4, 0.5) is 0 Å². The van der Waals surface area contributed by atoms with E-state index in [4.69, 9.17) is 28.4 Å². The Morgan fingerprint density at radius 1 is 0.385 bits per heavy atom. The molecule has 0 radical (unpaired) electrons. The summed E-state index contributed by atoms with van der Waals surface area (Å²) in [5.74, 6) is -4.12. The molecule has 0 fully saturated rings. The standard InChI is InChI=1S/C40H34O12/c1-19(41)47-27-11-7-25(8-12-27)35-37-31(15-29(49-21(3)43)17-33(37)51-23(5)45)40-36(26-9-13-28(14-10-26)48-20(2)42)38-32(39(35)40)16-30(50-22(4)44)18-34(38)52-24(6)46/h7-18,35-36,39-40H,1-6H3/t35-,36-,39+,40+/m0/s1. The van der Waals surface area contributed by atoms with Gasteiger partial charge in [-0.05, 0) is 58.7 Å². The molecule has 0 aromatic heterocycles. The third-order valence-electron chi connectivity index (χ3n) is 8.77. The van der Waals surface area contributed by atoms with E-state index >= 15 is 0 Å². The van der Waals surface area contributed by atoms with E-state index in [-0.39, 0.29) is 23.0 Å². The average Bonchev–Trinajstić information content (AvgIpc) is 3.54. The van der Waals surface area contributed by atoms with Crippen LogP contribution in [0.2, 0.25) is 0 Å². The van der Waals surface area contributed by atoms with E-state index in [0.29, 0.717) is 33.8 Å². The number of esters is 6. The molecule has 0 N–H and O–H groups in total. The van der Waals surface area contributed by atoms with Gasteiger partial charge in [0.1, 0.15) is 34.5 Å². The zero-order valence-corrected chi connectivity index (χ0v) is 29.1. The summed E-state index contributed by atoms with van der Waals surface area (Å²) in [4.78, 5) is 73.0. The molecule has 4 aromatic rings. The molecule has 2 aliphatic rings. The Balaban J connectivity index is 1.68. The highest BCUT2D eigenvalue weighted by Gasteiger charge is 2.55. The van der Waals surface area contributed by atoms with Gasteiger partial charge in [0.2, 0.25) is 0 Å². The molecule has 0 spiro atoms. The summed E-state index contributed by atoms with van der Waals surface area (Å²) < 4.78 is 33.4. The van der Waals surface area contributed by atoms with Gasteiger partial charge in [-0.25, -0.2) is 0 Å². The zero-order valence-electron chi connectivity index (χ0n) is 29.1. The first-order valence-electron chi connectivity index (χ1n) is 16.4. The van der Waals surface area contributed by atoms with E-state index in [1.807, 2.05) is 0 Å². The van der Waals surface area contributed by atoms with E-state index in [0.717, 1.165) is 11.1 Å². The molecule has 0 aliphatic heterocycles. The van der Waals surface area contributed by atoms with Crippen LogP contribution in [0.25, 0.3) is 0 Å². The third-order valence-corrected chi connectivity index (χ3v) is 8.77. The lowest BCUT2D eigenvalue weighted by molar-refractivity contribution is -0.133. The van der Waals surface area contributed by atoms with Gasteiger partial charge in [0.15, 0.2) is 0 Å². The molecule has 0 saturated heterocycles. The van der Waals surface area contributed by atoms with Gasteiger partial charge in [-0.3, -0.25) is 28.8 Å². The van der Waals surface area contributed by atoms with E-state index in [9.17, 15) is 28.8 Å². The highest BCUT2D eigenvalue weighted by atomic mass is 16.6. The second-order valence-corrected chi connectivity index (χ2v) is 12.6. The number of hydrogen-bond acceptors (Lipinski definition) is 12. The van der Waals surface area contributed by atoms with Gasteiger partial charge in [0, 0.05) is 88.5 Å². The molecule has 0 amide bonds. The summed E-state index contributed by atoms with van der Waals surface area (Å²) in [5, 5.41) is 0. The fourth-order valence-corrected chi connectivity index (χ4v) is 7.48. The predicted octanol–water partition coefficient (Wildman–Crippen LogP) is 6.40. The molecule has 0 bridgehead atoms. The summed E-state index contributed by atoms with van der Waals surface area (Å²) in [7, 11) is 0. The third kappa shape index (κ3) is 7.13. The summed E-state index contributed by atoms with van der Waals surface area (Å²) in [5.41, 5.74) is 4.15. The molecule has 2 aliphatic carbocycles. The van der Waals surface area contributed by atoms with Crippen molar-refractivity contribution in [3.05, 3.63) is 106 Å². The average molecular weight is 707 g/mol. The molecule has 266 valence electrons. The first-order chi connectivity index (χ1) is 24.7. The fourth-order valence-electron chi connectivity index (χ4n) is 7.48. The summed E-state index contributed by atoms with van der Waals surface area (Å²) in [6, 6.07) is 20.3. The van der Waals surface area contributed by atoms with Crippen molar-refractivity contribution in [2.75, 3.05) is 0 Å². The van der Waals surface area contributed by atoms with E-state index in [1.165, 1.54) is 53.7 Å². The van der Waals surface area contributed by atoms with Gasteiger partial charge < -0.3 is 28.4 Å². The molecule has 0 unspecified atom stereocenters. The molecule has 0 heterocycles. The van der Waals surface area contributed by atoms with Gasteiger partial charge >= 0.3 is 35.8 Å². The molecule has 12 heteroatoms.